The molecule has 2 saturated heterocycles. The van der Waals surface area contributed by atoms with E-state index in [1.54, 1.807) is 0 Å². The van der Waals surface area contributed by atoms with E-state index in [0.29, 0.717) is 51.4 Å². The number of aromatic nitrogens is 2. The average molecular weight is 598 g/mol. The fraction of sp³-hybridized carbons (Fsp3) is 0.471. The number of benzene rings is 2. The molecule has 2 atom stereocenters. The molecule has 0 bridgehead atoms. The lowest BCUT2D eigenvalue weighted by molar-refractivity contribution is -0.129. The number of ether oxygens (including phenoxy) is 1. The molecule has 1 amide bonds. The molecular weight excluding hydrogens is 557 g/mol. The van der Waals surface area contributed by atoms with Gasteiger partial charge in [-0.05, 0) is 56.3 Å². The molecule has 0 aliphatic carbocycles. The van der Waals surface area contributed by atoms with Gasteiger partial charge in [-0.15, -0.1) is 0 Å². The summed E-state index contributed by atoms with van der Waals surface area (Å²) in [5.74, 6) is -1.55. The highest BCUT2D eigenvalue weighted by Gasteiger charge is 2.29. The van der Waals surface area contributed by atoms with E-state index in [1.165, 1.54) is 27.3 Å². The second kappa shape index (κ2) is 13.3. The van der Waals surface area contributed by atoms with Crippen LogP contribution in [-0.4, -0.2) is 84.1 Å². The number of anilines is 1. The SMILES string of the molecule is CCc1cccc2cccc(N3CCc4c(C=C(F)C(=O)N5CCN[C@@H](CC#N)C5)nc(OC[C@@H]5CCCN5C)nc4C3)c12. The first-order chi connectivity index (χ1) is 21.4. The van der Waals surface area contributed by atoms with Crippen molar-refractivity contribution in [1.82, 2.24) is 25.1 Å². The van der Waals surface area contributed by atoms with Crippen LogP contribution in [0, 0.1) is 11.3 Å². The van der Waals surface area contributed by atoms with Gasteiger partial charge in [0.15, 0.2) is 5.83 Å². The summed E-state index contributed by atoms with van der Waals surface area (Å²) in [4.78, 5) is 28.7. The minimum absolute atomic E-state index is 0.167. The number of hydrogen-bond acceptors (Lipinski definition) is 8. The van der Waals surface area contributed by atoms with Crippen LogP contribution in [0.5, 0.6) is 6.01 Å². The Morgan fingerprint density at radius 2 is 2.05 bits per heavy atom. The molecule has 0 unspecified atom stereocenters. The van der Waals surface area contributed by atoms with Crippen LogP contribution < -0.4 is 15.0 Å². The Balaban J connectivity index is 1.32. The minimum Gasteiger partial charge on any atom is -0.462 e. The van der Waals surface area contributed by atoms with Gasteiger partial charge in [0.05, 0.1) is 30.4 Å². The molecule has 1 N–H and O–H groups in total. The van der Waals surface area contributed by atoms with Crippen molar-refractivity contribution < 1.29 is 13.9 Å². The van der Waals surface area contributed by atoms with E-state index >= 15 is 4.39 Å². The summed E-state index contributed by atoms with van der Waals surface area (Å²) >= 11 is 0. The molecule has 44 heavy (non-hydrogen) atoms. The number of likely N-dealkylation sites (N-methyl/N-ethyl adjacent to an activating group) is 1. The van der Waals surface area contributed by atoms with Crippen molar-refractivity contribution >= 4 is 28.4 Å². The molecule has 1 aromatic heterocycles. The summed E-state index contributed by atoms with van der Waals surface area (Å²) in [6, 6.07) is 15.3. The number of aryl methyl sites for hydroxylation is 1. The molecular formula is C34H40FN7O2. The molecule has 0 radical (unpaired) electrons. The Hall–Kier alpha value is -4.07. The largest absolute Gasteiger partial charge is 0.462 e. The summed E-state index contributed by atoms with van der Waals surface area (Å²) in [5, 5.41) is 14.7. The van der Waals surface area contributed by atoms with Gasteiger partial charge in [0.25, 0.3) is 5.91 Å². The summed E-state index contributed by atoms with van der Waals surface area (Å²) in [7, 11) is 2.09. The predicted molar refractivity (Wildman–Crippen MR) is 169 cm³/mol. The predicted octanol–water partition coefficient (Wildman–Crippen LogP) is 4.25. The molecule has 2 aromatic carbocycles. The normalized spacial score (nSPS) is 20.9. The van der Waals surface area contributed by atoms with Crippen molar-refractivity contribution in [2.75, 3.05) is 51.3 Å². The topological polar surface area (TPSA) is 97.6 Å². The van der Waals surface area contributed by atoms with Crippen LogP contribution in [0.1, 0.15) is 48.7 Å². The number of hydrogen-bond donors (Lipinski definition) is 1. The van der Waals surface area contributed by atoms with Crippen molar-refractivity contribution in [3.05, 3.63) is 64.7 Å². The Labute approximate surface area is 258 Å². The van der Waals surface area contributed by atoms with Crippen LogP contribution in [0.15, 0.2) is 42.2 Å². The van der Waals surface area contributed by atoms with Gasteiger partial charge in [-0.25, -0.2) is 4.39 Å². The van der Waals surface area contributed by atoms with E-state index in [0.717, 1.165) is 42.8 Å². The van der Waals surface area contributed by atoms with Gasteiger partial charge in [-0.3, -0.25) is 4.79 Å². The maximum absolute atomic E-state index is 15.6. The highest BCUT2D eigenvalue weighted by Crippen LogP contribution is 2.34. The van der Waals surface area contributed by atoms with Crippen molar-refractivity contribution in [3.8, 4) is 12.1 Å². The maximum Gasteiger partial charge on any atom is 0.317 e. The first kappa shape index (κ1) is 30.0. The molecule has 3 aliphatic heterocycles. The zero-order valence-corrected chi connectivity index (χ0v) is 25.6. The number of carbonyl (C=O) groups is 1. The van der Waals surface area contributed by atoms with Gasteiger partial charge < -0.3 is 24.8 Å². The standard InChI is InChI=1S/C34H40FN7O2/c1-3-23-7-4-8-24-9-5-11-31(32(23)24)41-17-13-27-29(19-28(35)33(43)42-18-15-37-25(20-42)12-14-36)38-34(39-30(27)21-41)44-22-26-10-6-16-40(26)2/h4-5,7-9,11,19,25-26,37H,3,6,10,12-13,15-18,20-22H2,1-2H3/t25-,26-/m0/s1. The first-order valence-corrected chi connectivity index (χ1v) is 15.7. The van der Waals surface area contributed by atoms with Crippen LogP contribution in [0.2, 0.25) is 0 Å². The number of likely N-dealkylation sites (tertiary alicyclic amines) is 1. The van der Waals surface area contributed by atoms with Crippen LogP contribution in [0.4, 0.5) is 10.1 Å². The van der Waals surface area contributed by atoms with Crippen molar-refractivity contribution in [2.45, 2.75) is 57.7 Å². The molecule has 0 spiro atoms. The zero-order valence-electron chi connectivity index (χ0n) is 25.6. The second-order valence-corrected chi connectivity index (χ2v) is 12.0. The molecule has 10 heteroatoms. The van der Waals surface area contributed by atoms with E-state index in [1.807, 2.05) is 0 Å². The second-order valence-electron chi connectivity index (χ2n) is 12.0. The van der Waals surface area contributed by atoms with Gasteiger partial charge in [-0.2, -0.15) is 15.2 Å². The zero-order chi connectivity index (χ0) is 30.6. The van der Waals surface area contributed by atoms with E-state index < -0.39 is 11.7 Å². The lowest BCUT2D eigenvalue weighted by Crippen LogP contribution is -2.52. The number of nitrogens with one attached hydrogen (secondary N) is 1. The number of halogens is 1. The molecule has 3 aromatic rings. The quantitative estimate of drug-likeness (QED) is 0.385. The maximum atomic E-state index is 15.6. The van der Waals surface area contributed by atoms with Crippen LogP contribution in [0.3, 0.4) is 0 Å². The van der Waals surface area contributed by atoms with E-state index in [-0.39, 0.29) is 24.5 Å². The summed E-state index contributed by atoms with van der Waals surface area (Å²) in [6.07, 6.45) is 5.22. The highest BCUT2D eigenvalue weighted by atomic mass is 19.1. The van der Waals surface area contributed by atoms with E-state index in [9.17, 15) is 4.79 Å². The molecule has 3 aliphatic rings. The third kappa shape index (κ3) is 6.26. The van der Waals surface area contributed by atoms with Crippen LogP contribution >= 0.6 is 0 Å². The Bertz CT molecular complexity index is 1600. The lowest BCUT2D eigenvalue weighted by Gasteiger charge is -2.33. The molecule has 2 fully saturated rings. The average Bonchev–Trinajstić information content (AvgIpc) is 3.47. The number of nitriles is 1. The Morgan fingerprint density at radius 3 is 2.82 bits per heavy atom. The number of fused-ring (bicyclic) bond motifs is 2. The molecule has 9 nitrogen and oxygen atoms in total. The van der Waals surface area contributed by atoms with Gasteiger partial charge in [0, 0.05) is 61.0 Å². The molecule has 230 valence electrons. The lowest BCUT2D eigenvalue weighted by atomic mass is 9.97. The minimum atomic E-state index is -0.867. The fourth-order valence-electron chi connectivity index (χ4n) is 6.73. The molecule has 4 heterocycles. The first-order valence-electron chi connectivity index (χ1n) is 15.7. The monoisotopic (exact) mass is 597 g/mol. The smallest absolute Gasteiger partial charge is 0.317 e. The Morgan fingerprint density at radius 1 is 1.20 bits per heavy atom. The van der Waals surface area contributed by atoms with E-state index in [2.05, 4.69) is 76.5 Å². The van der Waals surface area contributed by atoms with Crippen LogP contribution in [-0.2, 0) is 24.2 Å². The summed E-state index contributed by atoms with van der Waals surface area (Å²) < 4.78 is 21.8. The third-order valence-corrected chi connectivity index (χ3v) is 9.19. The number of nitrogens with zero attached hydrogens (tertiary/aromatic N) is 6. The van der Waals surface area contributed by atoms with Gasteiger partial charge >= 0.3 is 6.01 Å². The van der Waals surface area contributed by atoms with Crippen molar-refractivity contribution in [2.24, 2.45) is 0 Å². The third-order valence-electron chi connectivity index (χ3n) is 9.19. The molecule has 0 saturated carbocycles. The number of rotatable bonds is 8. The number of amides is 1. The van der Waals surface area contributed by atoms with Gasteiger partial charge in [-0.1, -0.05) is 37.3 Å². The number of carbonyl (C=O) groups excluding carboxylic acids is 1. The Kier molecular flexibility index (Phi) is 9.05. The fourth-order valence-corrected chi connectivity index (χ4v) is 6.73. The van der Waals surface area contributed by atoms with Gasteiger partial charge in [0.1, 0.15) is 6.61 Å². The highest BCUT2D eigenvalue weighted by molar-refractivity contribution is 5.97. The summed E-state index contributed by atoms with van der Waals surface area (Å²) in [5.41, 5.74) is 4.47. The van der Waals surface area contributed by atoms with Gasteiger partial charge in [0.2, 0.25) is 0 Å². The van der Waals surface area contributed by atoms with Crippen LogP contribution in [0.25, 0.3) is 16.8 Å². The number of piperazine rings is 1. The van der Waals surface area contributed by atoms with Crippen molar-refractivity contribution in [1.29, 1.82) is 5.26 Å². The van der Waals surface area contributed by atoms with E-state index in [4.69, 9.17) is 15.0 Å². The summed E-state index contributed by atoms with van der Waals surface area (Å²) in [6.45, 7) is 6.09. The van der Waals surface area contributed by atoms with Crippen molar-refractivity contribution in [3.63, 3.8) is 0 Å². The molecule has 6 rings (SSSR count).